The number of sulfone groups is 1. The van der Waals surface area contributed by atoms with Gasteiger partial charge in [0.05, 0.1) is 32.8 Å². The monoisotopic (exact) mass is 667 g/mol. The molecule has 3 aromatic rings. The lowest BCUT2D eigenvalue weighted by Gasteiger charge is -2.27. The number of fused-ring (bicyclic) bond motifs is 1. The second-order valence-corrected chi connectivity index (χ2v) is 15.6. The van der Waals surface area contributed by atoms with E-state index in [9.17, 15) is 22.8 Å². The van der Waals surface area contributed by atoms with E-state index < -0.39 is 21.9 Å². The zero-order valence-corrected chi connectivity index (χ0v) is 28.5. The van der Waals surface area contributed by atoms with Crippen molar-refractivity contribution in [1.29, 1.82) is 0 Å². The van der Waals surface area contributed by atoms with Gasteiger partial charge in [0.25, 0.3) is 0 Å². The molecule has 3 N–H and O–H groups in total. The minimum absolute atomic E-state index is 0.0685. The molecule has 1 fully saturated rings. The molecule has 0 aliphatic carbocycles. The lowest BCUT2D eigenvalue weighted by atomic mass is 10.0. The normalized spacial score (nSPS) is 16.1. The maximum Gasteiger partial charge on any atom is 0.247 e. The molecule has 1 aromatic heterocycles. The van der Waals surface area contributed by atoms with Crippen LogP contribution in [0.3, 0.4) is 0 Å². The Bertz CT molecular complexity index is 1620. The van der Waals surface area contributed by atoms with Gasteiger partial charge in [-0.1, -0.05) is 63.7 Å². The summed E-state index contributed by atoms with van der Waals surface area (Å²) in [5.41, 5.74) is 3.38. The third-order valence-corrected chi connectivity index (χ3v) is 10.6. The highest BCUT2D eigenvalue weighted by molar-refractivity contribution is 7.91. The summed E-state index contributed by atoms with van der Waals surface area (Å²) in [6, 6.07) is 14.5. The standard InChI is InChI=1S/C34H45N5O5S2/c1-5-9-31(40)37-29(20-32-38-28-13-12-26(23(2)3)19-30(28)45-32)34(42)36-27(18-25-10-7-6-8-11-25)21-35-33(41)24(4)22-39-14-16-46(43,44)17-15-39/h6-8,10-13,19,23,27,29H,4-5,9,14-18,20-22H2,1-3H3,(H,35,41)(H,36,42)(H,37,40)/t27?,29-/m0/s1. The number of hydrogen-bond acceptors (Lipinski definition) is 8. The minimum atomic E-state index is -3.03. The molecule has 1 saturated heterocycles. The fourth-order valence-electron chi connectivity index (χ4n) is 5.28. The van der Waals surface area contributed by atoms with Crippen LogP contribution in [0.5, 0.6) is 0 Å². The number of rotatable bonds is 15. The van der Waals surface area contributed by atoms with E-state index in [4.69, 9.17) is 4.98 Å². The van der Waals surface area contributed by atoms with Crippen LogP contribution in [-0.4, -0.2) is 85.8 Å². The Labute approximate surface area is 276 Å². The molecular formula is C34H45N5O5S2. The molecule has 1 aliphatic rings. The summed E-state index contributed by atoms with van der Waals surface area (Å²) in [6.45, 7) is 11.2. The van der Waals surface area contributed by atoms with E-state index in [0.29, 0.717) is 43.8 Å². The molecule has 1 aliphatic heterocycles. The average Bonchev–Trinajstić information content (AvgIpc) is 3.42. The Morgan fingerprint density at radius 1 is 1.02 bits per heavy atom. The number of aromatic nitrogens is 1. The van der Waals surface area contributed by atoms with E-state index in [1.165, 1.54) is 16.9 Å². The van der Waals surface area contributed by atoms with Crippen molar-refractivity contribution in [1.82, 2.24) is 25.8 Å². The van der Waals surface area contributed by atoms with Crippen LogP contribution in [0.4, 0.5) is 0 Å². The van der Waals surface area contributed by atoms with Crippen molar-refractivity contribution in [3.63, 3.8) is 0 Å². The summed E-state index contributed by atoms with van der Waals surface area (Å²) in [7, 11) is -3.03. The molecule has 4 rings (SSSR count). The number of benzene rings is 2. The van der Waals surface area contributed by atoms with Crippen molar-refractivity contribution < 1.29 is 22.8 Å². The van der Waals surface area contributed by atoms with Gasteiger partial charge in [-0.15, -0.1) is 11.3 Å². The van der Waals surface area contributed by atoms with Crippen LogP contribution in [0.2, 0.25) is 0 Å². The minimum Gasteiger partial charge on any atom is -0.350 e. The highest BCUT2D eigenvalue weighted by Gasteiger charge is 2.27. The van der Waals surface area contributed by atoms with Crippen LogP contribution in [0.25, 0.3) is 10.2 Å². The van der Waals surface area contributed by atoms with E-state index in [0.717, 1.165) is 20.8 Å². The zero-order valence-electron chi connectivity index (χ0n) is 26.9. The van der Waals surface area contributed by atoms with Crippen LogP contribution in [0.1, 0.15) is 55.7 Å². The van der Waals surface area contributed by atoms with Crippen molar-refractivity contribution in [2.24, 2.45) is 0 Å². The van der Waals surface area contributed by atoms with Crippen molar-refractivity contribution >= 4 is 49.1 Å². The predicted octanol–water partition coefficient (Wildman–Crippen LogP) is 3.38. The van der Waals surface area contributed by atoms with Gasteiger partial charge in [-0.25, -0.2) is 13.4 Å². The summed E-state index contributed by atoms with van der Waals surface area (Å²) < 4.78 is 24.6. The molecular weight excluding hydrogens is 623 g/mol. The SMILES string of the molecule is C=C(CN1CCS(=O)(=O)CC1)C(=O)NCC(Cc1ccccc1)NC(=O)[C@H](Cc1nc2ccc(C(C)C)cc2s1)NC(=O)CCC. The summed E-state index contributed by atoms with van der Waals surface area (Å²) in [6.07, 6.45) is 1.65. The molecule has 2 atom stereocenters. The lowest BCUT2D eigenvalue weighted by molar-refractivity contribution is -0.129. The van der Waals surface area contributed by atoms with E-state index in [1.54, 1.807) is 0 Å². The Kier molecular flexibility index (Phi) is 12.5. The van der Waals surface area contributed by atoms with Crippen LogP contribution in [-0.2, 0) is 37.1 Å². The van der Waals surface area contributed by atoms with Crippen molar-refractivity contribution in [2.75, 3.05) is 37.7 Å². The first kappa shape index (κ1) is 35.2. The fourth-order valence-corrected chi connectivity index (χ4v) is 7.62. The quantitative estimate of drug-likeness (QED) is 0.212. The summed E-state index contributed by atoms with van der Waals surface area (Å²) in [5, 5.41) is 9.64. The van der Waals surface area contributed by atoms with Crippen LogP contribution < -0.4 is 16.0 Å². The fraction of sp³-hybridized carbons (Fsp3) is 0.471. The Balaban J connectivity index is 1.46. The van der Waals surface area contributed by atoms with Crippen molar-refractivity contribution in [3.05, 3.63) is 76.8 Å². The summed E-state index contributed by atoms with van der Waals surface area (Å²) >= 11 is 1.52. The number of nitrogens with zero attached hydrogens (tertiary/aromatic N) is 2. The molecule has 2 aromatic carbocycles. The highest BCUT2D eigenvalue weighted by Crippen LogP contribution is 2.27. The first-order valence-corrected chi connectivity index (χ1v) is 18.5. The maximum absolute atomic E-state index is 13.8. The first-order chi connectivity index (χ1) is 21.9. The number of thiazole rings is 1. The smallest absolute Gasteiger partial charge is 0.247 e. The second-order valence-electron chi connectivity index (χ2n) is 12.2. The van der Waals surface area contributed by atoms with Gasteiger partial charge in [-0.05, 0) is 42.0 Å². The van der Waals surface area contributed by atoms with Crippen LogP contribution >= 0.6 is 11.3 Å². The van der Waals surface area contributed by atoms with Gasteiger partial charge >= 0.3 is 0 Å². The van der Waals surface area contributed by atoms with Gasteiger partial charge in [-0.3, -0.25) is 19.3 Å². The molecule has 46 heavy (non-hydrogen) atoms. The number of hydrogen-bond donors (Lipinski definition) is 3. The number of carbonyl (C=O) groups excluding carboxylic acids is 3. The second kappa shape index (κ2) is 16.3. The Hall–Kier alpha value is -3.61. The van der Waals surface area contributed by atoms with Crippen LogP contribution in [0, 0.1) is 0 Å². The van der Waals surface area contributed by atoms with E-state index in [-0.39, 0.29) is 48.7 Å². The van der Waals surface area contributed by atoms with E-state index in [2.05, 4.69) is 48.5 Å². The Morgan fingerprint density at radius 2 is 1.74 bits per heavy atom. The topological polar surface area (TPSA) is 138 Å². The number of amides is 3. The molecule has 2 heterocycles. The number of nitrogens with one attached hydrogen (secondary N) is 3. The highest BCUT2D eigenvalue weighted by atomic mass is 32.2. The van der Waals surface area contributed by atoms with Crippen molar-refractivity contribution in [2.45, 2.75) is 64.5 Å². The number of carbonyl (C=O) groups is 3. The predicted molar refractivity (Wildman–Crippen MR) is 184 cm³/mol. The van der Waals surface area contributed by atoms with Gasteiger partial charge in [0.1, 0.15) is 6.04 Å². The van der Waals surface area contributed by atoms with Gasteiger partial charge in [0.15, 0.2) is 9.84 Å². The maximum atomic E-state index is 13.8. The molecule has 3 amide bonds. The van der Waals surface area contributed by atoms with E-state index in [1.807, 2.05) is 48.2 Å². The largest absolute Gasteiger partial charge is 0.350 e. The third-order valence-electron chi connectivity index (χ3n) is 7.98. The van der Waals surface area contributed by atoms with Crippen molar-refractivity contribution in [3.8, 4) is 0 Å². The average molecular weight is 668 g/mol. The van der Waals surface area contributed by atoms with Gasteiger partial charge in [0.2, 0.25) is 17.7 Å². The van der Waals surface area contributed by atoms with E-state index >= 15 is 0 Å². The molecule has 0 spiro atoms. The molecule has 10 nitrogen and oxygen atoms in total. The van der Waals surface area contributed by atoms with Crippen LogP contribution in [0.15, 0.2) is 60.7 Å². The molecule has 0 radical (unpaired) electrons. The molecule has 0 saturated carbocycles. The van der Waals surface area contributed by atoms with Gasteiger partial charge in [-0.2, -0.15) is 0 Å². The summed E-state index contributed by atoms with van der Waals surface area (Å²) in [5.74, 6) is -0.401. The summed E-state index contributed by atoms with van der Waals surface area (Å²) in [4.78, 5) is 46.2. The molecule has 12 heteroatoms. The first-order valence-electron chi connectivity index (χ1n) is 15.8. The molecule has 1 unspecified atom stereocenters. The zero-order chi connectivity index (χ0) is 33.3. The third kappa shape index (κ3) is 10.5. The van der Waals surface area contributed by atoms with Gasteiger partial charge in [0, 0.05) is 44.6 Å². The Morgan fingerprint density at radius 3 is 2.41 bits per heavy atom. The molecule has 248 valence electrons. The van der Waals surface area contributed by atoms with Gasteiger partial charge < -0.3 is 16.0 Å². The molecule has 0 bridgehead atoms. The lowest BCUT2D eigenvalue weighted by Crippen LogP contribution is -2.53.